The van der Waals surface area contributed by atoms with Crippen LogP contribution in [0.5, 0.6) is 0 Å². The zero-order chi connectivity index (χ0) is 8.55. The summed E-state index contributed by atoms with van der Waals surface area (Å²) >= 11 is 0. The van der Waals surface area contributed by atoms with Gasteiger partial charge in [0.1, 0.15) is 0 Å². The third kappa shape index (κ3) is 1.15. The standard InChI is InChI=1S/C10H16N2/c1-12(2)10-6-7-11-9-5-3-4-8(9)10/h6-9H,3-5H2,1-2H3. The van der Waals surface area contributed by atoms with Crippen molar-refractivity contribution < 1.29 is 0 Å². The van der Waals surface area contributed by atoms with Crippen molar-refractivity contribution in [2.24, 2.45) is 10.9 Å². The van der Waals surface area contributed by atoms with Crippen LogP contribution in [0.3, 0.4) is 0 Å². The van der Waals surface area contributed by atoms with E-state index in [1.807, 2.05) is 6.21 Å². The second kappa shape index (κ2) is 2.92. The van der Waals surface area contributed by atoms with Crippen molar-refractivity contribution in [1.82, 2.24) is 4.90 Å². The molecule has 0 radical (unpaired) electrons. The normalized spacial score (nSPS) is 33.0. The van der Waals surface area contributed by atoms with Crippen LogP contribution in [-0.4, -0.2) is 31.3 Å². The number of fused-ring (bicyclic) bond motifs is 1. The Morgan fingerprint density at radius 2 is 2.25 bits per heavy atom. The lowest BCUT2D eigenvalue weighted by atomic mass is 9.97. The van der Waals surface area contributed by atoms with E-state index in [1.165, 1.54) is 25.0 Å². The van der Waals surface area contributed by atoms with Crippen molar-refractivity contribution >= 4 is 6.21 Å². The number of aliphatic imine (C=N–C) groups is 1. The molecule has 0 N–H and O–H groups in total. The summed E-state index contributed by atoms with van der Waals surface area (Å²) < 4.78 is 0. The minimum absolute atomic E-state index is 0.590. The Morgan fingerprint density at radius 3 is 3.00 bits per heavy atom. The van der Waals surface area contributed by atoms with Crippen molar-refractivity contribution in [3.8, 4) is 0 Å². The molecule has 1 aliphatic heterocycles. The molecule has 0 amide bonds. The van der Waals surface area contributed by atoms with Crippen LogP contribution in [-0.2, 0) is 0 Å². The van der Waals surface area contributed by atoms with E-state index in [0.29, 0.717) is 12.0 Å². The zero-order valence-electron chi connectivity index (χ0n) is 7.83. The summed E-state index contributed by atoms with van der Waals surface area (Å²) in [7, 11) is 4.25. The molecule has 0 aromatic heterocycles. The minimum Gasteiger partial charge on any atom is -0.381 e. The molecule has 2 atom stereocenters. The molecule has 0 aromatic carbocycles. The molecule has 2 nitrogen and oxygen atoms in total. The number of hydrogen-bond acceptors (Lipinski definition) is 2. The minimum atomic E-state index is 0.590. The van der Waals surface area contributed by atoms with E-state index >= 15 is 0 Å². The molecule has 2 heteroatoms. The number of allylic oxidation sites excluding steroid dienone is 1. The molecule has 0 aromatic rings. The molecule has 66 valence electrons. The molecular weight excluding hydrogens is 148 g/mol. The number of nitrogens with zero attached hydrogens (tertiary/aromatic N) is 2. The Kier molecular flexibility index (Phi) is 1.91. The fourth-order valence-corrected chi connectivity index (χ4v) is 2.30. The van der Waals surface area contributed by atoms with Gasteiger partial charge in [0, 0.05) is 31.9 Å². The molecular formula is C10H16N2. The van der Waals surface area contributed by atoms with Crippen LogP contribution >= 0.6 is 0 Å². The maximum absolute atomic E-state index is 4.50. The lowest BCUT2D eigenvalue weighted by molar-refractivity contribution is 0.394. The topological polar surface area (TPSA) is 15.6 Å². The highest BCUT2D eigenvalue weighted by Crippen LogP contribution is 2.35. The Morgan fingerprint density at radius 1 is 1.42 bits per heavy atom. The predicted octanol–water partition coefficient (Wildman–Crippen LogP) is 1.68. The van der Waals surface area contributed by atoms with Gasteiger partial charge in [0.25, 0.3) is 0 Å². The molecule has 0 spiro atoms. The van der Waals surface area contributed by atoms with Crippen LogP contribution in [0, 0.1) is 5.92 Å². The molecule has 2 rings (SSSR count). The largest absolute Gasteiger partial charge is 0.381 e. The van der Waals surface area contributed by atoms with E-state index in [2.05, 4.69) is 30.1 Å². The average molecular weight is 164 g/mol. The van der Waals surface area contributed by atoms with Crippen LogP contribution in [0.25, 0.3) is 0 Å². The van der Waals surface area contributed by atoms with Crippen LogP contribution in [0.1, 0.15) is 19.3 Å². The van der Waals surface area contributed by atoms with Gasteiger partial charge in [-0.05, 0) is 18.9 Å². The van der Waals surface area contributed by atoms with E-state index in [4.69, 9.17) is 0 Å². The Hall–Kier alpha value is -0.790. The monoisotopic (exact) mass is 164 g/mol. The fraction of sp³-hybridized carbons (Fsp3) is 0.700. The van der Waals surface area contributed by atoms with Gasteiger partial charge in [0.15, 0.2) is 0 Å². The third-order valence-electron chi connectivity index (χ3n) is 2.90. The van der Waals surface area contributed by atoms with Crippen molar-refractivity contribution in [3.63, 3.8) is 0 Å². The van der Waals surface area contributed by atoms with Gasteiger partial charge in [-0.3, -0.25) is 4.99 Å². The van der Waals surface area contributed by atoms with Gasteiger partial charge >= 0.3 is 0 Å². The number of dihydropyridines is 1. The first-order chi connectivity index (χ1) is 5.79. The highest BCUT2D eigenvalue weighted by molar-refractivity contribution is 5.73. The molecule has 1 saturated carbocycles. The van der Waals surface area contributed by atoms with Gasteiger partial charge in [-0.25, -0.2) is 0 Å². The molecule has 0 saturated heterocycles. The predicted molar refractivity (Wildman–Crippen MR) is 51.4 cm³/mol. The van der Waals surface area contributed by atoms with E-state index in [1.54, 1.807) is 0 Å². The first kappa shape index (κ1) is 7.84. The van der Waals surface area contributed by atoms with Gasteiger partial charge in [-0.2, -0.15) is 0 Å². The Bertz CT molecular complexity index is 228. The maximum Gasteiger partial charge on any atom is 0.0582 e. The first-order valence-corrected chi connectivity index (χ1v) is 4.69. The van der Waals surface area contributed by atoms with Crippen LogP contribution < -0.4 is 0 Å². The Labute approximate surface area is 74.0 Å². The van der Waals surface area contributed by atoms with Crippen LogP contribution in [0.15, 0.2) is 16.8 Å². The van der Waals surface area contributed by atoms with Gasteiger partial charge in [0.2, 0.25) is 0 Å². The quantitative estimate of drug-likeness (QED) is 0.575. The molecule has 1 heterocycles. The molecule has 1 aliphatic carbocycles. The van der Waals surface area contributed by atoms with E-state index in [9.17, 15) is 0 Å². The lowest BCUT2D eigenvalue weighted by Crippen LogP contribution is -2.26. The number of hydrogen-bond donors (Lipinski definition) is 0. The van der Waals surface area contributed by atoms with E-state index in [-0.39, 0.29) is 0 Å². The zero-order valence-corrected chi connectivity index (χ0v) is 7.83. The molecule has 2 aliphatic rings. The summed E-state index contributed by atoms with van der Waals surface area (Å²) in [4.78, 5) is 6.73. The lowest BCUT2D eigenvalue weighted by Gasteiger charge is -2.28. The molecule has 0 bridgehead atoms. The summed E-state index contributed by atoms with van der Waals surface area (Å²) in [5.41, 5.74) is 1.47. The molecule has 2 unspecified atom stereocenters. The van der Waals surface area contributed by atoms with Crippen molar-refractivity contribution in [3.05, 3.63) is 11.8 Å². The van der Waals surface area contributed by atoms with Crippen molar-refractivity contribution in [2.45, 2.75) is 25.3 Å². The van der Waals surface area contributed by atoms with E-state index in [0.717, 1.165) is 0 Å². The SMILES string of the molecule is CN(C)C1=CC=NC2CCCC12. The van der Waals surface area contributed by atoms with Crippen molar-refractivity contribution in [1.29, 1.82) is 0 Å². The highest BCUT2D eigenvalue weighted by atomic mass is 15.1. The summed E-state index contributed by atoms with van der Waals surface area (Å²) in [5, 5.41) is 0. The third-order valence-corrected chi connectivity index (χ3v) is 2.90. The average Bonchev–Trinajstić information content (AvgIpc) is 2.49. The van der Waals surface area contributed by atoms with Crippen molar-refractivity contribution in [2.75, 3.05) is 14.1 Å². The van der Waals surface area contributed by atoms with Crippen LogP contribution in [0.2, 0.25) is 0 Å². The fourth-order valence-electron chi connectivity index (χ4n) is 2.30. The summed E-state index contributed by atoms with van der Waals surface area (Å²) in [6, 6.07) is 0.590. The van der Waals surface area contributed by atoms with E-state index < -0.39 is 0 Å². The summed E-state index contributed by atoms with van der Waals surface area (Å²) in [6.45, 7) is 0. The molecule has 12 heavy (non-hydrogen) atoms. The molecule has 1 fully saturated rings. The number of rotatable bonds is 1. The Balaban J connectivity index is 2.21. The second-order valence-corrected chi connectivity index (χ2v) is 3.89. The second-order valence-electron chi connectivity index (χ2n) is 3.89. The van der Waals surface area contributed by atoms with Crippen LogP contribution in [0.4, 0.5) is 0 Å². The highest BCUT2D eigenvalue weighted by Gasteiger charge is 2.31. The smallest absolute Gasteiger partial charge is 0.0582 e. The first-order valence-electron chi connectivity index (χ1n) is 4.69. The van der Waals surface area contributed by atoms with Gasteiger partial charge in [-0.15, -0.1) is 0 Å². The van der Waals surface area contributed by atoms with Gasteiger partial charge < -0.3 is 4.90 Å². The summed E-state index contributed by atoms with van der Waals surface area (Å²) in [5.74, 6) is 0.713. The summed E-state index contributed by atoms with van der Waals surface area (Å²) in [6.07, 6.45) is 8.09. The van der Waals surface area contributed by atoms with Gasteiger partial charge in [0.05, 0.1) is 6.04 Å². The van der Waals surface area contributed by atoms with Gasteiger partial charge in [-0.1, -0.05) is 6.42 Å². The maximum atomic E-state index is 4.50.